The Labute approximate surface area is 114 Å². The number of halogens is 2. The Balaban J connectivity index is 1.79. The van der Waals surface area contributed by atoms with Crippen LogP contribution in [-0.2, 0) is 0 Å². The quantitative estimate of drug-likeness (QED) is 0.816. The average Bonchev–Trinajstić information content (AvgIpc) is 2.85. The number of hydrogen-bond acceptors (Lipinski definition) is 1. The molecule has 0 aromatic heterocycles. The van der Waals surface area contributed by atoms with Gasteiger partial charge in [0.05, 0.1) is 5.02 Å². The highest BCUT2D eigenvalue weighted by molar-refractivity contribution is 6.30. The molecule has 3 heteroatoms. The van der Waals surface area contributed by atoms with Gasteiger partial charge in [0.2, 0.25) is 0 Å². The molecule has 1 saturated carbocycles. The number of nitrogens with one attached hydrogen (secondary N) is 1. The van der Waals surface area contributed by atoms with Gasteiger partial charge in [-0.3, -0.25) is 0 Å². The summed E-state index contributed by atoms with van der Waals surface area (Å²) in [5.41, 5.74) is 0.961. The Morgan fingerprint density at radius 3 is 2.78 bits per heavy atom. The van der Waals surface area contributed by atoms with Gasteiger partial charge >= 0.3 is 0 Å². The van der Waals surface area contributed by atoms with Crippen LogP contribution in [0.3, 0.4) is 0 Å². The van der Waals surface area contributed by atoms with Crippen molar-refractivity contribution in [3.8, 4) is 0 Å². The van der Waals surface area contributed by atoms with Gasteiger partial charge < -0.3 is 5.32 Å². The molecule has 0 aliphatic heterocycles. The molecule has 0 heterocycles. The third kappa shape index (κ3) is 3.69. The Kier molecular flexibility index (Phi) is 5.02. The fourth-order valence-corrected chi connectivity index (χ4v) is 2.82. The van der Waals surface area contributed by atoms with Gasteiger partial charge in [0, 0.05) is 6.04 Å². The maximum Gasteiger partial charge on any atom is 0.142 e. The van der Waals surface area contributed by atoms with Gasteiger partial charge in [0.25, 0.3) is 0 Å². The highest BCUT2D eigenvalue weighted by atomic mass is 35.5. The van der Waals surface area contributed by atoms with Gasteiger partial charge in [-0.2, -0.15) is 0 Å². The molecule has 18 heavy (non-hydrogen) atoms. The van der Waals surface area contributed by atoms with Gasteiger partial charge in [0.1, 0.15) is 5.82 Å². The van der Waals surface area contributed by atoms with Gasteiger partial charge in [-0.05, 0) is 43.5 Å². The average molecular weight is 270 g/mol. The summed E-state index contributed by atoms with van der Waals surface area (Å²) in [7, 11) is 0. The largest absolute Gasteiger partial charge is 0.310 e. The maximum atomic E-state index is 13.3. The number of hydrogen-bond donors (Lipinski definition) is 1. The molecular formula is C15H21ClFN. The van der Waals surface area contributed by atoms with E-state index in [0.29, 0.717) is 0 Å². The van der Waals surface area contributed by atoms with Crippen LogP contribution in [0, 0.1) is 11.7 Å². The molecule has 1 nitrogen and oxygen atoms in total. The summed E-state index contributed by atoms with van der Waals surface area (Å²) in [4.78, 5) is 0. The van der Waals surface area contributed by atoms with Crippen LogP contribution in [-0.4, -0.2) is 6.54 Å². The third-order valence-electron chi connectivity index (χ3n) is 3.92. The summed E-state index contributed by atoms with van der Waals surface area (Å²) in [6, 6.07) is 5.22. The van der Waals surface area contributed by atoms with E-state index in [9.17, 15) is 4.39 Å². The Morgan fingerprint density at radius 1 is 1.39 bits per heavy atom. The summed E-state index contributed by atoms with van der Waals surface area (Å²) in [5.74, 6) is 0.560. The summed E-state index contributed by atoms with van der Waals surface area (Å²) in [5, 5.41) is 3.65. The molecule has 100 valence electrons. The smallest absolute Gasteiger partial charge is 0.142 e. The van der Waals surface area contributed by atoms with E-state index in [4.69, 9.17) is 11.6 Å². The molecule has 2 rings (SSSR count). The van der Waals surface area contributed by atoms with E-state index in [0.717, 1.165) is 18.0 Å². The topological polar surface area (TPSA) is 12.0 Å². The van der Waals surface area contributed by atoms with Crippen molar-refractivity contribution in [1.29, 1.82) is 0 Å². The number of rotatable bonds is 5. The van der Waals surface area contributed by atoms with Crippen molar-refractivity contribution in [2.45, 2.75) is 45.1 Å². The summed E-state index contributed by atoms with van der Waals surface area (Å²) in [6.07, 6.45) is 6.78. The van der Waals surface area contributed by atoms with Crippen LogP contribution in [0.5, 0.6) is 0 Å². The molecule has 1 aromatic carbocycles. The van der Waals surface area contributed by atoms with Crippen molar-refractivity contribution in [3.05, 3.63) is 34.6 Å². The third-order valence-corrected chi connectivity index (χ3v) is 4.23. The highest BCUT2D eigenvalue weighted by Crippen LogP contribution is 2.27. The van der Waals surface area contributed by atoms with E-state index in [1.165, 1.54) is 38.2 Å². The predicted molar refractivity (Wildman–Crippen MR) is 74.4 cm³/mol. The molecule has 0 saturated heterocycles. The fraction of sp³-hybridized carbons (Fsp3) is 0.600. The first-order valence-corrected chi connectivity index (χ1v) is 7.23. The second-order valence-electron chi connectivity index (χ2n) is 5.29. The van der Waals surface area contributed by atoms with E-state index < -0.39 is 0 Å². The lowest BCUT2D eigenvalue weighted by molar-refractivity contribution is 0.454. The van der Waals surface area contributed by atoms with Crippen molar-refractivity contribution in [2.24, 2.45) is 5.92 Å². The van der Waals surface area contributed by atoms with Crippen molar-refractivity contribution in [2.75, 3.05) is 6.54 Å². The van der Waals surface area contributed by atoms with Crippen LogP contribution in [0.4, 0.5) is 4.39 Å². The van der Waals surface area contributed by atoms with Crippen molar-refractivity contribution >= 4 is 11.6 Å². The van der Waals surface area contributed by atoms with Crippen molar-refractivity contribution in [3.63, 3.8) is 0 Å². The van der Waals surface area contributed by atoms with E-state index in [1.54, 1.807) is 6.07 Å². The first kappa shape index (κ1) is 13.8. The predicted octanol–water partition coefficient (Wildman–Crippen LogP) is 4.71. The minimum absolute atomic E-state index is 0.179. The summed E-state index contributed by atoms with van der Waals surface area (Å²) >= 11 is 5.68. The van der Waals surface area contributed by atoms with Gasteiger partial charge in [-0.15, -0.1) is 0 Å². The Morgan fingerprint density at radius 2 is 2.11 bits per heavy atom. The van der Waals surface area contributed by atoms with Gasteiger partial charge in [0.15, 0.2) is 0 Å². The summed E-state index contributed by atoms with van der Waals surface area (Å²) in [6.45, 7) is 3.08. The second-order valence-corrected chi connectivity index (χ2v) is 5.70. The minimum atomic E-state index is -0.335. The van der Waals surface area contributed by atoms with Crippen molar-refractivity contribution in [1.82, 2.24) is 5.32 Å². The van der Waals surface area contributed by atoms with Crippen LogP contribution < -0.4 is 5.32 Å². The molecule has 0 bridgehead atoms. The standard InChI is InChI=1S/C15H21ClFN/c1-11(13-6-7-14(16)15(17)10-13)18-9-8-12-4-2-3-5-12/h6-7,10-12,18H,2-5,8-9H2,1H3. The lowest BCUT2D eigenvalue weighted by Crippen LogP contribution is -2.21. The van der Waals surface area contributed by atoms with E-state index in [2.05, 4.69) is 12.2 Å². The first-order chi connectivity index (χ1) is 8.66. The maximum absolute atomic E-state index is 13.3. The zero-order chi connectivity index (χ0) is 13.0. The first-order valence-electron chi connectivity index (χ1n) is 6.85. The SMILES string of the molecule is CC(NCCC1CCCC1)c1ccc(Cl)c(F)c1. The molecule has 0 spiro atoms. The van der Waals surface area contributed by atoms with E-state index >= 15 is 0 Å². The molecular weight excluding hydrogens is 249 g/mol. The van der Waals surface area contributed by atoms with E-state index in [1.807, 2.05) is 6.07 Å². The molecule has 1 unspecified atom stereocenters. The molecule has 1 N–H and O–H groups in total. The monoisotopic (exact) mass is 269 g/mol. The number of benzene rings is 1. The fourth-order valence-electron chi connectivity index (χ4n) is 2.70. The Bertz CT molecular complexity index is 388. The Hall–Kier alpha value is -0.600. The molecule has 0 amide bonds. The lowest BCUT2D eigenvalue weighted by atomic mass is 10.0. The van der Waals surface area contributed by atoms with Crippen LogP contribution in [0.2, 0.25) is 5.02 Å². The van der Waals surface area contributed by atoms with Gasteiger partial charge in [-0.25, -0.2) is 4.39 Å². The zero-order valence-electron chi connectivity index (χ0n) is 10.9. The van der Waals surface area contributed by atoms with Crippen LogP contribution in [0.1, 0.15) is 50.6 Å². The molecule has 1 aromatic rings. The minimum Gasteiger partial charge on any atom is -0.310 e. The van der Waals surface area contributed by atoms with Crippen LogP contribution >= 0.6 is 11.6 Å². The van der Waals surface area contributed by atoms with E-state index in [-0.39, 0.29) is 16.9 Å². The molecule has 0 radical (unpaired) electrons. The molecule has 1 fully saturated rings. The van der Waals surface area contributed by atoms with Gasteiger partial charge in [-0.1, -0.05) is 43.4 Å². The normalized spacial score (nSPS) is 18.2. The molecule has 1 atom stereocenters. The summed E-state index contributed by atoms with van der Waals surface area (Å²) < 4.78 is 13.3. The molecule has 1 aliphatic rings. The molecule has 1 aliphatic carbocycles. The lowest BCUT2D eigenvalue weighted by Gasteiger charge is -2.16. The van der Waals surface area contributed by atoms with Crippen LogP contribution in [0.25, 0.3) is 0 Å². The van der Waals surface area contributed by atoms with Crippen LogP contribution in [0.15, 0.2) is 18.2 Å². The zero-order valence-corrected chi connectivity index (χ0v) is 11.6. The second kappa shape index (κ2) is 6.53. The highest BCUT2D eigenvalue weighted by Gasteiger charge is 2.15. The van der Waals surface area contributed by atoms with Crippen molar-refractivity contribution < 1.29 is 4.39 Å².